The predicted octanol–water partition coefficient (Wildman–Crippen LogP) is 1.03. The number of hydrogen-bond donors (Lipinski definition) is 2. The molecule has 0 spiro atoms. The maximum atomic E-state index is 11.8. The van der Waals surface area contributed by atoms with E-state index >= 15 is 0 Å². The third-order valence-corrected chi connectivity index (χ3v) is 2.88. The van der Waals surface area contributed by atoms with Gasteiger partial charge in [0, 0.05) is 19.0 Å². The number of rotatable bonds is 3. The smallest absolute Gasteiger partial charge is 0.410 e. The summed E-state index contributed by atoms with van der Waals surface area (Å²) in [5.74, 6) is -4.80. The summed E-state index contributed by atoms with van der Waals surface area (Å²) in [5.41, 5.74) is -0.631. The minimum absolute atomic E-state index is 0.0954. The van der Waals surface area contributed by atoms with Crippen molar-refractivity contribution in [1.82, 2.24) is 4.90 Å². The number of nitrogens with zero attached hydrogens (tertiary/aromatic N) is 1. The second-order valence-electron chi connectivity index (χ2n) is 5.63. The van der Waals surface area contributed by atoms with Crippen LogP contribution >= 0.6 is 0 Å². The van der Waals surface area contributed by atoms with Crippen LogP contribution in [0.1, 0.15) is 27.2 Å². The molecule has 0 saturated carbocycles. The van der Waals surface area contributed by atoms with Crippen LogP contribution in [-0.4, -0.2) is 51.8 Å². The first-order chi connectivity index (χ1) is 8.61. The number of carbonyl (C=O) groups excluding carboxylic acids is 1. The number of hydrogen-bond acceptors (Lipinski definition) is 4. The average molecular weight is 273 g/mol. The lowest BCUT2D eigenvalue weighted by Crippen LogP contribution is -2.37. The zero-order valence-electron chi connectivity index (χ0n) is 11.3. The summed E-state index contributed by atoms with van der Waals surface area (Å²) in [6.07, 6.45) is -0.188. The van der Waals surface area contributed by atoms with Crippen molar-refractivity contribution in [1.29, 1.82) is 0 Å². The van der Waals surface area contributed by atoms with Gasteiger partial charge in [-0.2, -0.15) is 0 Å². The van der Waals surface area contributed by atoms with Crippen LogP contribution in [0.15, 0.2) is 0 Å². The molecule has 1 aliphatic heterocycles. The number of carbonyl (C=O) groups is 3. The number of ether oxygens (including phenoxy) is 1. The van der Waals surface area contributed by atoms with E-state index in [0.29, 0.717) is 13.0 Å². The Balaban J connectivity index is 2.65. The number of amides is 1. The minimum atomic E-state index is -1.48. The van der Waals surface area contributed by atoms with Gasteiger partial charge in [-0.05, 0) is 27.2 Å². The van der Waals surface area contributed by atoms with Gasteiger partial charge in [-0.25, -0.2) is 4.79 Å². The Morgan fingerprint density at radius 3 is 2.16 bits per heavy atom. The molecule has 1 heterocycles. The van der Waals surface area contributed by atoms with E-state index in [1.165, 1.54) is 4.90 Å². The molecule has 0 bridgehead atoms. The highest BCUT2D eigenvalue weighted by Crippen LogP contribution is 2.26. The van der Waals surface area contributed by atoms with E-state index in [9.17, 15) is 14.4 Å². The van der Waals surface area contributed by atoms with E-state index in [1.54, 1.807) is 20.8 Å². The molecule has 1 unspecified atom stereocenters. The van der Waals surface area contributed by atoms with Gasteiger partial charge in [-0.3, -0.25) is 9.59 Å². The minimum Gasteiger partial charge on any atom is -0.481 e. The van der Waals surface area contributed by atoms with Crippen molar-refractivity contribution in [2.24, 2.45) is 11.8 Å². The molecule has 1 atom stereocenters. The summed E-state index contributed by atoms with van der Waals surface area (Å²) < 4.78 is 5.16. The van der Waals surface area contributed by atoms with E-state index in [-0.39, 0.29) is 6.54 Å². The fourth-order valence-corrected chi connectivity index (χ4v) is 2.06. The Hall–Kier alpha value is -1.79. The van der Waals surface area contributed by atoms with Gasteiger partial charge >= 0.3 is 18.0 Å². The van der Waals surface area contributed by atoms with Gasteiger partial charge in [0.2, 0.25) is 0 Å². The molecule has 0 aromatic rings. The van der Waals surface area contributed by atoms with Crippen LogP contribution in [0, 0.1) is 11.8 Å². The molecular formula is C12H19NO6. The van der Waals surface area contributed by atoms with Gasteiger partial charge in [-0.15, -0.1) is 0 Å². The summed E-state index contributed by atoms with van der Waals surface area (Å²) in [7, 11) is 0. The second-order valence-corrected chi connectivity index (χ2v) is 5.63. The van der Waals surface area contributed by atoms with Gasteiger partial charge in [0.1, 0.15) is 5.60 Å². The SMILES string of the molecule is CC(C)(C)OC(=O)N1CCC(C(C(=O)O)C(=O)O)C1. The molecule has 0 aromatic carbocycles. The normalized spacial score (nSPS) is 19.6. The van der Waals surface area contributed by atoms with Crippen molar-refractivity contribution in [3.63, 3.8) is 0 Å². The Morgan fingerprint density at radius 1 is 1.21 bits per heavy atom. The molecule has 7 nitrogen and oxygen atoms in total. The Labute approximate surface area is 111 Å². The van der Waals surface area contributed by atoms with Crippen molar-refractivity contribution < 1.29 is 29.3 Å². The van der Waals surface area contributed by atoms with Crippen molar-refractivity contribution in [2.45, 2.75) is 32.8 Å². The molecule has 19 heavy (non-hydrogen) atoms. The number of carboxylic acid groups (broad SMARTS) is 2. The number of aliphatic carboxylic acids is 2. The lowest BCUT2D eigenvalue weighted by atomic mass is 9.92. The molecule has 108 valence electrons. The van der Waals surface area contributed by atoms with Crippen molar-refractivity contribution >= 4 is 18.0 Å². The van der Waals surface area contributed by atoms with E-state index < -0.39 is 35.5 Å². The fourth-order valence-electron chi connectivity index (χ4n) is 2.06. The molecule has 1 fully saturated rings. The predicted molar refractivity (Wildman–Crippen MR) is 64.7 cm³/mol. The third-order valence-electron chi connectivity index (χ3n) is 2.88. The summed E-state index contributed by atoms with van der Waals surface area (Å²) in [6.45, 7) is 5.61. The van der Waals surface area contributed by atoms with Crippen LogP contribution in [0.5, 0.6) is 0 Å². The molecule has 2 N–H and O–H groups in total. The van der Waals surface area contributed by atoms with Crippen LogP contribution in [-0.2, 0) is 14.3 Å². The van der Waals surface area contributed by atoms with Crippen LogP contribution in [0.25, 0.3) is 0 Å². The Morgan fingerprint density at radius 2 is 1.74 bits per heavy atom. The highest BCUT2D eigenvalue weighted by atomic mass is 16.6. The van der Waals surface area contributed by atoms with Crippen molar-refractivity contribution in [2.75, 3.05) is 13.1 Å². The zero-order chi connectivity index (χ0) is 14.8. The average Bonchev–Trinajstić information content (AvgIpc) is 2.62. The van der Waals surface area contributed by atoms with E-state index in [0.717, 1.165) is 0 Å². The molecule has 1 rings (SSSR count). The molecule has 0 aliphatic carbocycles. The molecule has 1 aliphatic rings. The van der Waals surface area contributed by atoms with E-state index in [2.05, 4.69) is 0 Å². The maximum absolute atomic E-state index is 11.8. The molecule has 0 aromatic heterocycles. The largest absolute Gasteiger partial charge is 0.481 e. The van der Waals surface area contributed by atoms with Gasteiger partial charge < -0.3 is 19.8 Å². The van der Waals surface area contributed by atoms with Crippen molar-refractivity contribution in [3.05, 3.63) is 0 Å². The van der Waals surface area contributed by atoms with Crippen LogP contribution in [0.4, 0.5) is 4.79 Å². The van der Waals surface area contributed by atoms with E-state index in [1.807, 2.05) is 0 Å². The molecule has 1 amide bonds. The quantitative estimate of drug-likeness (QED) is 0.744. The van der Waals surface area contributed by atoms with Crippen LogP contribution in [0.2, 0.25) is 0 Å². The van der Waals surface area contributed by atoms with Gasteiger partial charge in [-0.1, -0.05) is 0 Å². The molecule has 7 heteroatoms. The number of carboxylic acids is 2. The summed E-state index contributed by atoms with van der Waals surface area (Å²) in [6, 6.07) is 0. The monoisotopic (exact) mass is 273 g/mol. The lowest BCUT2D eigenvalue weighted by molar-refractivity contribution is -0.157. The summed E-state index contributed by atoms with van der Waals surface area (Å²) in [4.78, 5) is 35.0. The summed E-state index contributed by atoms with van der Waals surface area (Å²) >= 11 is 0. The van der Waals surface area contributed by atoms with Gasteiger partial charge in [0.25, 0.3) is 0 Å². The van der Waals surface area contributed by atoms with Crippen molar-refractivity contribution in [3.8, 4) is 0 Å². The first-order valence-electron chi connectivity index (χ1n) is 6.05. The number of likely N-dealkylation sites (tertiary alicyclic amines) is 1. The topological polar surface area (TPSA) is 104 Å². The van der Waals surface area contributed by atoms with Crippen LogP contribution < -0.4 is 0 Å². The highest BCUT2D eigenvalue weighted by Gasteiger charge is 2.41. The Kier molecular flexibility index (Phi) is 4.39. The lowest BCUT2D eigenvalue weighted by Gasteiger charge is -2.24. The third kappa shape index (κ3) is 4.11. The first kappa shape index (κ1) is 15.3. The molecular weight excluding hydrogens is 254 g/mol. The Bertz CT molecular complexity index is 372. The van der Waals surface area contributed by atoms with E-state index in [4.69, 9.17) is 14.9 Å². The molecule has 1 saturated heterocycles. The fraction of sp³-hybridized carbons (Fsp3) is 0.750. The maximum Gasteiger partial charge on any atom is 0.410 e. The zero-order valence-corrected chi connectivity index (χ0v) is 11.3. The van der Waals surface area contributed by atoms with Gasteiger partial charge in [0.15, 0.2) is 5.92 Å². The van der Waals surface area contributed by atoms with Crippen LogP contribution in [0.3, 0.4) is 0 Å². The molecule has 0 radical (unpaired) electrons. The first-order valence-corrected chi connectivity index (χ1v) is 6.05. The standard InChI is InChI=1S/C12H19NO6/c1-12(2,3)19-11(18)13-5-4-7(6-13)8(9(14)15)10(16)17/h7-8H,4-6H2,1-3H3,(H,14,15)(H,16,17). The highest BCUT2D eigenvalue weighted by molar-refractivity contribution is 5.93. The van der Waals surface area contributed by atoms with Gasteiger partial charge in [0.05, 0.1) is 0 Å². The summed E-state index contributed by atoms with van der Waals surface area (Å²) in [5, 5.41) is 17.8. The second kappa shape index (κ2) is 5.46.